The minimum Gasteiger partial charge on any atom is -0.357 e. The van der Waals surface area contributed by atoms with Gasteiger partial charge in [0.2, 0.25) is 5.91 Å². The summed E-state index contributed by atoms with van der Waals surface area (Å²) in [6, 6.07) is 4.06. The molecule has 2 fully saturated rings. The van der Waals surface area contributed by atoms with Crippen molar-refractivity contribution in [2.24, 2.45) is 5.92 Å². The molecule has 0 radical (unpaired) electrons. The molecule has 5 nitrogen and oxygen atoms in total. The first-order valence-corrected chi connectivity index (χ1v) is 7.98. The lowest BCUT2D eigenvalue weighted by atomic mass is 10.2. The number of nitrogens with one attached hydrogen (secondary N) is 2. The highest BCUT2D eigenvalue weighted by Gasteiger charge is 2.20. The molecule has 114 valence electrons. The van der Waals surface area contributed by atoms with Crippen LogP contribution in [0.15, 0.2) is 18.3 Å². The molecule has 1 aliphatic heterocycles. The quantitative estimate of drug-likeness (QED) is 0.794. The third-order valence-corrected chi connectivity index (χ3v) is 4.15. The van der Waals surface area contributed by atoms with Crippen LogP contribution in [0.4, 0.5) is 5.82 Å². The van der Waals surface area contributed by atoms with E-state index in [4.69, 9.17) is 0 Å². The second kappa shape index (κ2) is 6.89. The molecule has 2 heterocycles. The molecule has 1 aromatic rings. The Labute approximate surface area is 126 Å². The summed E-state index contributed by atoms with van der Waals surface area (Å²) < 4.78 is 0. The molecule has 5 heteroatoms. The van der Waals surface area contributed by atoms with Gasteiger partial charge in [-0.05, 0) is 55.8 Å². The first kappa shape index (κ1) is 14.3. The second-order valence-electron chi connectivity index (χ2n) is 6.07. The van der Waals surface area contributed by atoms with Gasteiger partial charge in [-0.1, -0.05) is 0 Å². The zero-order chi connectivity index (χ0) is 14.5. The average Bonchev–Trinajstić information content (AvgIpc) is 3.16. The first-order chi connectivity index (χ1) is 10.3. The fourth-order valence-corrected chi connectivity index (χ4v) is 2.66. The zero-order valence-corrected chi connectivity index (χ0v) is 12.5. The molecular formula is C16H24N4O. The molecule has 2 N–H and O–H groups in total. The highest BCUT2D eigenvalue weighted by atomic mass is 16.1. The topological polar surface area (TPSA) is 57.3 Å². The molecule has 2 aliphatic rings. The minimum atomic E-state index is 0.0650. The summed E-state index contributed by atoms with van der Waals surface area (Å²) >= 11 is 0. The molecule has 21 heavy (non-hydrogen) atoms. The van der Waals surface area contributed by atoms with Crippen LogP contribution in [0, 0.1) is 5.92 Å². The summed E-state index contributed by atoms with van der Waals surface area (Å²) in [6.07, 6.45) is 6.95. The van der Waals surface area contributed by atoms with E-state index in [9.17, 15) is 4.79 Å². The molecule has 0 spiro atoms. The van der Waals surface area contributed by atoms with E-state index in [0.29, 0.717) is 13.1 Å². The van der Waals surface area contributed by atoms with Gasteiger partial charge >= 0.3 is 0 Å². The number of pyridine rings is 1. The Kier molecular flexibility index (Phi) is 4.70. The van der Waals surface area contributed by atoms with Gasteiger partial charge in [0, 0.05) is 25.8 Å². The van der Waals surface area contributed by atoms with Gasteiger partial charge in [-0.25, -0.2) is 4.98 Å². The van der Waals surface area contributed by atoms with Gasteiger partial charge in [-0.15, -0.1) is 0 Å². The predicted molar refractivity (Wildman–Crippen MR) is 83.1 cm³/mol. The van der Waals surface area contributed by atoms with E-state index in [2.05, 4.69) is 26.6 Å². The van der Waals surface area contributed by atoms with E-state index in [0.717, 1.165) is 36.9 Å². The zero-order valence-electron chi connectivity index (χ0n) is 12.5. The molecule has 0 aromatic carbocycles. The lowest BCUT2D eigenvalue weighted by molar-refractivity contribution is -0.120. The standard InChI is InChI=1S/C16H24N4O/c21-16(12-17-10-13-3-4-13)19-11-14-5-6-18-15(9-14)20-7-1-2-8-20/h5-6,9,13,17H,1-4,7-8,10-12H2,(H,19,21). The van der Waals surface area contributed by atoms with E-state index < -0.39 is 0 Å². The minimum absolute atomic E-state index is 0.0650. The van der Waals surface area contributed by atoms with E-state index in [1.807, 2.05) is 12.3 Å². The summed E-state index contributed by atoms with van der Waals surface area (Å²) in [5.41, 5.74) is 1.11. The van der Waals surface area contributed by atoms with Crippen LogP contribution in [0.5, 0.6) is 0 Å². The van der Waals surface area contributed by atoms with Crippen molar-refractivity contribution < 1.29 is 4.79 Å². The van der Waals surface area contributed by atoms with Crippen LogP contribution in [0.2, 0.25) is 0 Å². The maximum absolute atomic E-state index is 11.8. The Hall–Kier alpha value is -1.62. The van der Waals surface area contributed by atoms with Gasteiger partial charge < -0.3 is 15.5 Å². The largest absolute Gasteiger partial charge is 0.357 e. The summed E-state index contributed by atoms with van der Waals surface area (Å²) in [7, 11) is 0. The van der Waals surface area contributed by atoms with Crippen molar-refractivity contribution in [3.05, 3.63) is 23.9 Å². The van der Waals surface area contributed by atoms with Crippen molar-refractivity contribution in [1.82, 2.24) is 15.6 Å². The van der Waals surface area contributed by atoms with Crippen LogP contribution in [0.25, 0.3) is 0 Å². The molecule has 0 bridgehead atoms. The summed E-state index contributed by atoms with van der Waals surface area (Å²) in [4.78, 5) is 18.5. The van der Waals surface area contributed by atoms with Crippen molar-refractivity contribution >= 4 is 11.7 Å². The Bertz CT molecular complexity index is 481. The van der Waals surface area contributed by atoms with Crippen molar-refractivity contribution in [1.29, 1.82) is 0 Å². The number of carbonyl (C=O) groups is 1. The molecule has 0 unspecified atom stereocenters. The number of aromatic nitrogens is 1. The van der Waals surface area contributed by atoms with Crippen molar-refractivity contribution in [2.45, 2.75) is 32.2 Å². The smallest absolute Gasteiger partial charge is 0.234 e. The molecule has 1 amide bonds. The second-order valence-corrected chi connectivity index (χ2v) is 6.07. The van der Waals surface area contributed by atoms with Gasteiger partial charge in [0.15, 0.2) is 0 Å². The maximum Gasteiger partial charge on any atom is 0.234 e. The van der Waals surface area contributed by atoms with Gasteiger partial charge in [0.05, 0.1) is 6.54 Å². The number of hydrogen-bond donors (Lipinski definition) is 2. The van der Waals surface area contributed by atoms with Gasteiger partial charge in [0.25, 0.3) is 0 Å². The maximum atomic E-state index is 11.8. The molecule has 1 saturated carbocycles. The van der Waals surface area contributed by atoms with Crippen LogP contribution < -0.4 is 15.5 Å². The molecule has 0 atom stereocenters. The third kappa shape index (κ3) is 4.43. The number of amides is 1. The monoisotopic (exact) mass is 288 g/mol. The fourth-order valence-electron chi connectivity index (χ4n) is 2.66. The number of hydrogen-bond acceptors (Lipinski definition) is 4. The summed E-state index contributed by atoms with van der Waals surface area (Å²) in [5, 5.41) is 6.17. The van der Waals surface area contributed by atoms with E-state index >= 15 is 0 Å². The number of nitrogens with zero attached hydrogens (tertiary/aromatic N) is 2. The number of carbonyl (C=O) groups excluding carboxylic acids is 1. The Morgan fingerprint density at radius 2 is 2.14 bits per heavy atom. The van der Waals surface area contributed by atoms with Crippen LogP contribution in [0.3, 0.4) is 0 Å². The van der Waals surface area contributed by atoms with Crippen molar-refractivity contribution in [3.8, 4) is 0 Å². The molecule has 3 rings (SSSR count). The van der Waals surface area contributed by atoms with Gasteiger partial charge in [0.1, 0.15) is 5.82 Å². The molecular weight excluding hydrogens is 264 g/mol. The highest BCUT2D eigenvalue weighted by molar-refractivity contribution is 5.78. The molecule has 1 saturated heterocycles. The number of rotatable bonds is 7. The van der Waals surface area contributed by atoms with E-state index in [1.54, 1.807) is 0 Å². The van der Waals surface area contributed by atoms with E-state index in [-0.39, 0.29) is 5.91 Å². The highest BCUT2D eigenvalue weighted by Crippen LogP contribution is 2.27. The van der Waals surface area contributed by atoms with E-state index in [1.165, 1.54) is 25.7 Å². The Balaban J connectivity index is 1.43. The number of anilines is 1. The average molecular weight is 288 g/mol. The van der Waals surface area contributed by atoms with Crippen LogP contribution in [-0.2, 0) is 11.3 Å². The Morgan fingerprint density at radius 1 is 1.33 bits per heavy atom. The molecule has 1 aromatic heterocycles. The summed E-state index contributed by atoms with van der Waals surface area (Å²) in [6.45, 7) is 4.15. The SMILES string of the molecule is O=C(CNCC1CC1)NCc1ccnc(N2CCCC2)c1. The molecule has 1 aliphatic carbocycles. The lowest BCUT2D eigenvalue weighted by Gasteiger charge is -2.17. The summed E-state index contributed by atoms with van der Waals surface area (Å²) in [5.74, 6) is 1.90. The normalized spacial score (nSPS) is 18.0. The van der Waals surface area contributed by atoms with Crippen LogP contribution in [0.1, 0.15) is 31.2 Å². The lowest BCUT2D eigenvalue weighted by Crippen LogP contribution is -2.34. The fraction of sp³-hybridized carbons (Fsp3) is 0.625. The third-order valence-electron chi connectivity index (χ3n) is 4.15. The predicted octanol–water partition coefficient (Wildman–Crippen LogP) is 1.30. The van der Waals surface area contributed by atoms with Gasteiger partial charge in [-0.3, -0.25) is 4.79 Å². The van der Waals surface area contributed by atoms with Crippen molar-refractivity contribution in [3.63, 3.8) is 0 Å². The van der Waals surface area contributed by atoms with Crippen molar-refractivity contribution in [2.75, 3.05) is 31.1 Å². The van der Waals surface area contributed by atoms with Crippen LogP contribution >= 0.6 is 0 Å². The first-order valence-electron chi connectivity index (χ1n) is 7.98. The van der Waals surface area contributed by atoms with Gasteiger partial charge in [-0.2, -0.15) is 0 Å². The Morgan fingerprint density at radius 3 is 2.90 bits per heavy atom. The van der Waals surface area contributed by atoms with Crippen LogP contribution in [-0.4, -0.2) is 37.1 Å².